The van der Waals surface area contributed by atoms with Crippen molar-refractivity contribution in [3.63, 3.8) is 0 Å². The second-order valence-corrected chi connectivity index (χ2v) is 6.98. The molecule has 4 nitrogen and oxygen atoms in total. The summed E-state index contributed by atoms with van der Waals surface area (Å²) >= 11 is 0. The Morgan fingerprint density at radius 2 is 1.87 bits per heavy atom. The summed E-state index contributed by atoms with van der Waals surface area (Å²) in [6.45, 7) is 4.02. The SMILES string of the molecule is CC(=O)c1ccccc1NC(=O)CN1CC[C@@H]2CCCC[C@@H]2C1. The summed E-state index contributed by atoms with van der Waals surface area (Å²) in [6.07, 6.45) is 6.63. The van der Waals surface area contributed by atoms with E-state index in [2.05, 4.69) is 10.2 Å². The van der Waals surface area contributed by atoms with Crippen LogP contribution in [0.25, 0.3) is 0 Å². The maximum Gasteiger partial charge on any atom is 0.238 e. The zero-order chi connectivity index (χ0) is 16.2. The highest BCUT2D eigenvalue weighted by atomic mass is 16.2. The first-order chi connectivity index (χ1) is 11.1. The van der Waals surface area contributed by atoms with Crippen LogP contribution in [0.5, 0.6) is 0 Å². The molecule has 0 spiro atoms. The lowest BCUT2D eigenvalue weighted by molar-refractivity contribution is -0.118. The van der Waals surface area contributed by atoms with E-state index in [1.54, 1.807) is 12.1 Å². The van der Waals surface area contributed by atoms with Crippen molar-refractivity contribution < 1.29 is 9.59 Å². The summed E-state index contributed by atoms with van der Waals surface area (Å²) in [6, 6.07) is 7.21. The molecule has 3 rings (SSSR count). The second kappa shape index (κ2) is 7.26. The zero-order valence-corrected chi connectivity index (χ0v) is 13.9. The molecule has 124 valence electrons. The van der Waals surface area contributed by atoms with Crippen LogP contribution in [0.2, 0.25) is 0 Å². The van der Waals surface area contributed by atoms with Gasteiger partial charge in [-0.3, -0.25) is 14.5 Å². The minimum Gasteiger partial charge on any atom is -0.324 e. The predicted molar refractivity (Wildman–Crippen MR) is 91.6 cm³/mol. The molecule has 1 aromatic rings. The van der Waals surface area contributed by atoms with E-state index in [4.69, 9.17) is 0 Å². The summed E-state index contributed by atoms with van der Waals surface area (Å²) in [4.78, 5) is 26.3. The van der Waals surface area contributed by atoms with Crippen molar-refractivity contribution in [1.29, 1.82) is 0 Å². The van der Waals surface area contributed by atoms with Gasteiger partial charge in [0.1, 0.15) is 0 Å². The van der Waals surface area contributed by atoms with Gasteiger partial charge in [0.15, 0.2) is 5.78 Å². The van der Waals surface area contributed by atoms with E-state index in [9.17, 15) is 9.59 Å². The third-order valence-corrected chi connectivity index (χ3v) is 5.32. The lowest BCUT2D eigenvalue weighted by Crippen LogP contribution is -2.44. The highest BCUT2D eigenvalue weighted by Crippen LogP contribution is 2.35. The molecule has 2 atom stereocenters. The lowest BCUT2D eigenvalue weighted by Gasteiger charge is -2.41. The van der Waals surface area contributed by atoms with Gasteiger partial charge in [0.25, 0.3) is 0 Å². The van der Waals surface area contributed by atoms with Crippen LogP contribution in [0, 0.1) is 11.8 Å². The molecule has 1 N–H and O–H groups in total. The number of hydrogen-bond acceptors (Lipinski definition) is 3. The van der Waals surface area contributed by atoms with Gasteiger partial charge in [0.05, 0.1) is 12.2 Å². The Balaban J connectivity index is 1.57. The molecule has 1 aliphatic carbocycles. The van der Waals surface area contributed by atoms with Crippen LogP contribution in [0.3, 0.4) is 0 Å². The van der Waals surface area contributed by atoms with E-state index in [1.165, 1.54) is 39.0 Å². The Kier molecular flexibility index (Phi) is 5.11. The third kappa shape index (κ3) is 3.99. The van der Waals surface area contributed by atoms with Crippen LogP contribution in [0.15, 0.2) is 24.3 Å². The standard InChI is InChI=1S/C19H26N2O2/c1-14(22)17-8-4-5-9-18(17)20-19(23)13-21-11-10-15-6-2-3-7-16(15)12-21/h4-5,8-9,15-16H,2-3,6-7,10-13H2,1H3,(H,20,23)/t15-,16+/m0/s1. The Bertz CT molecular complexity index is 584. The van der Waals surface area contributed by atoms with E-state index in [0.29, 0.717) is 17.8 Å². The highest BCUT2D eigenvalue weighted by Gasteiger charge is 2.31. The predicted octanol–water partition coefficient (Wildman–Crippen LogP) is 3.34. The van der Waals surface area contributed by atoms with Crippen molar-refractivity contribution in [2.45, 2.75) is 39.0 Å². The minimum atomic E-state index is -0.0241. The zero-order valence-electron chi connectivity index (χ0n) is 13.9. The number of carbonyl (C=O) groups is 2. The smallest absolute Gasteiger partial charge is 0.238 e. The van der Waals surface area contributed by atoms with E-state index >= 15 is 0 Å². The van der Waals surface area contributed by atoms with Crippen molar-refractivity contribution in [3.05, 3.63) is 29.8 Å². The van der Waals surface area contributed by atoms with E-state index in [-0.39, 0.29) is 11.7 Å². The number of fused-ring (bicyclic) bond motifs is 1. The van der Waals surface area contributed by atoms with Gasteiger partial charge >= 0.3 is 0 Å². The first-order valence-electron chi connectivity index (χ1n) is 8.75. The van der Waals surface area contributed by atoms with Crippen molar-refractivity contribution in [2.75, 3.05) is 25.0 Å². The number of amides is 1. The summed E-state index contributed by atoms with van der Waals surface area (Å²) in [5.41, 5.74) is 1.20. The number of likely N-dealkylation sites (tertiary alicyclic amines) is 1. The summed E-state index contributed by atoms with van der Waals surface area (Å²) in [7, 11) is 0. The van der Waals surface area contributed by atoms with Crippen LogP contribution in [-0.2, 0) is 4.79 Å². The number of ketones is 1. The van der Waals surface area contributed by atoms with Gasteiger partial charge < -0.3 is 5.32 Å². The Morgan fingerprint density at radius 1 is 1.13 bits per heavy atom. The molecule has 0 unspecified atom stereocenters. The maximum absolute atomic E-state index is 12.4. The molecule has 1 aromatic carbocycles. The number of hydrogen-bond donors (Lipinski definition) is 1. The number of nitrogens with one attached hydrogen (secondary N) is 1. The van der Waals surface area contributed by atoms with E-state index in [0.717, 1.165) is 24.9 Å². The number of Topliss-reactive ketones (excluding diaryl/α,β-unsaturated/α-hetero) is 1. The largest absolute Gasteiger partial charge is 0.324 e. The van der Waals surface area contributed by atoms with Gasteiger partial charge in [-0.15, -0.1) is 0 Å². The van der Waals surface area contributed by atoms with Crippen molar-refractivity contribution >= 4 is 17.4 Å². The topological polar surface area (TPSA) is 49.4 Å². The van der Waals surface area contributed by atoms with Gasteiger partial charge in [-0.2, -0.15) is 0 Å². The van der Waals surface area contributed by atoms with Crippen LogP contribution in [0.1, 0.15) is 49.4 Å². The second-order valence-electron chi connectivity index (χ2n) is 6.98. The molecule has 1 heterocycles. The molecule has 1 aliphatic heterocycles. The molecule has 1 amide bonds. The molecule has 4 heteroatoms. The molecule has 1 saturated carbocycles. The van der Waals surface area contributed by atoms with Crippen LogP contribution in [-0.4, -0.2) is 36.2 Å². The number of anilines is 1. The van der Waals surface area contributed by atoms with Crippen LogP contribution < -0.4 is 5.32 Å². The molecular formula is C19H26N2O2. The Morgan fingerprint density at radius 3 is 2.65 bits per heavy atom. The normalized spacial score (nSPS) is 24.7. The first-order valence-corrected chi connectivity index (χ1v) is 8.75. The van der Waals surface area contributed by atoms with Crippen molar-refractivity contribution in [1.82, 2.24) is 4.90 Å². The fourth-order valence-corrected chi connectivity index (χ4v) is 4.11. The van der Waals surface area contributed by atoms with E-state index < -0.39 is 0 Å². The molecule has 1 saturated heterocycles. The number of benzene rings is 1. The van der Waals surface area contributed by atoms with Crippen molar-refractivity contribution in [3.8, 4) is 0 Å². The van der Waals surface area contributed by atoms with Gasteiger partial charge in [-0.05, 0) is 50.3 Å². The van der Waals surface area contributed by atoms with Gasteiger partial charge in [0.2, 0.25) is 5.91 Å². The Labute approximate surface area is 138 Å². The molecule has 23 heavy (non-hydrogen) atoms. The molecule has 0 radical (unpaired) electrons. The lowest BCUT2D eigenvalue weighted by atomic mass is 9.75. The van der Waals surface area contributed by atoms with Crippen molar-refractivity contribution in [2.24, 2.45) is 11.8 Å². The fourth-order valence-electron chi connectivity index (χ4n) is 4.11. The average molecular weight is 314 g/mol. The number of rotatable bonds is 4. The minimum absolute atomic E-state index is 0.0204. The number of piperidine rings is 1. The van der Waals surface area contributed by atoms with Gasteiger partial charge in [-0.1, -0.05) is 31.4 Å². The number of para-hydroxylation sites is 1. The van der Waals surface area contributed by atoms with Gasteiger partial charge in [0, 0.05) is 12.1 Å². The molecule has 0 aromatic heterocycles. The monoisotopic (exact) mass is 314 g/mol. The third-order valence-electron chi connectivity index (χ3n) is 5.32. The highest BCUT2D eigenvalue weighted by molar-refractivity contribution is 6.04. The first kappa shape index (κ1) is 16.2. The van der Waals surface area contributed by atoms with Crippen LogP contribution in [0.4, 0.5) is 5.69 Å². The molecule has 0 bridgehead atoms. The average Bonchev–Trinajstić information content (AvgIpc) is 2.55. The number of carbonyl (C=O) groups excluding carboxylic acids is 2. The molecular weight excluding hydrogens is 288 g/mol. The Hall–Kier alpha value is -1.68. The van der Waals surface area contributed by atoms with Crippen LogP contribution >= 0.6 is 0 Å². The maximum atomic E-state index is 12.4. The number of nitrogens with zero attached hydrogens (tertiary/aromatic N) is 1. The summed E-state index contributed by atoms with van der Waals surface area (Å²) in [5.74, 6) is 1.60. The van der Waals surface area contributed by atoms with E-state index in [1.807, 2.05) is 12.1 Å². The quantitative estimate of drug-likeness (QED) is 0.867. The van der Waals surface area contributed by atoms with Gasteiger partial charge in [-0.25, -0.2) is 0 Å². The molecule has 2 aliphatic rings. The molecule has 2 fully saturated rings. The summed E-state index contributed by atoms with van der Waals surface area (Å²) in [5, 5.41) is 2.91. The summed E-state index contributed by atoms with van der Waals surface area (Å²) < 4.78 is 0. The fraction of sp³-hybridized carbons (Fsp3) is 0.579.